The number of carbonyl (C=O) groups excluding carboxylic acids is 2. The average molecular weight is 507 g/mol. The highest BCUT2D eigenvalue weighted by Crippen LogP contribution is 2.36. The van der Waals surface area contributed by atoms with Crippen LogP contribution >= 0.6 is 0 Å². The number of methoxy groups -OCH3 is 2. The highest BCUT2D eigenvalue weighted by molar-refractivity contribution is 6.12. The summed E-state index contributed by atoms with van der Waals surface area (Å²) in [6.45, 7) is 1.98. The number of hydrogen-bond donors (Lipinski definition) is 0. The van der Waals surface area contributed by atoms with Crippen LogP contribution in [-0.2, 0) is 0 Å². The molecular formula is C31H26N2O5. The number of para-hydroxylation sites is 1. The quantitative estimate of drug-likeness (QED) is 0.232. The van der Waals surface area contributed by atoms with Gasteiger partial charge in [0.1, 0.15) is 5.75 Å². The van der Waals surface area contributed by atoms with Crippen LogP contribution in [-0.4, -0.2) is 37.1 Å². The first-order chi connectivity index (χ1) is 18.5. The SMILES string of the molecule is COc1ccc(C=Nc2ccc(C(=O)N3C(=O)c4ccccc4OC3c3ccc(C)cc3)cc2)cc1OC. The number of imide groups is 1. The van der Waals surface area contributed by atoms with Crippen molar-refractivity contribution < 1.29 is 23.8 Å². The fourth-order valence-corrected chi connectivity index (χ4v) is 4.21. The van der Waals surface area contributed by atoms with E-state index >= 15 is 0 Å². The third-order valence-corrected chi connectivity index (χ3v) is 6.28. The molecule has 0 bridgehead atoms. The summed E-state index contributed by atoms with van der Waals surface area (Å²) in [6.07, 6.45) is 0.818. The van der Waals surface area contributed by atoms with Gasteiger partial charge in [-0.3, -0.25) is 14.6 Å². The molecule has 7 nitrogen and oxygen atoms in total. The van der Waals surface area contributed by atoms with Gasteiger partial charge < -0.3 is 14.2 Å². The number of nitrogens with zero attached hydrogens (tertiary/aromatic N) is 2. The summed E-state index contributed by atoms with van der Waals surface area (Å²) in [7, 11) is 3.16. The molecule has 1 heterocycles. The Morgan fingerprint density at radius 2 is 1.61 bits per heavy atom. The van der Waals surface area contributed by atoms with E-state index in [2.05, 4.69) is 4.99 Å². The van der Waals surface area contributed by atoms with Crippen molar-refractivity contribution in [3.8, 4) is 17.2 Å². The van der Waals surface area contributed by atoms with Crippen LogP contribution in [0.15, 0.2) is 96.0 Å². The predicted octanol–water partition coefficient (Wildman–Crippen LogP) is 6.14. The van der Waals surface area contributed by atoms with E-state index in [0.717, 1.165) is 11.1 Å². The molecule has 1 aliphatic rings. The topological polar surface area (TPSA) is 77.4 Å². The summed E-state index contributed by atoms with van der Waals surface area (Å²) in [5.74, 6) is 0.835. The number of hydrogen-bond acceptors (Lipinski definition) is 6. The molecular weight excluding hydrogens is 480 g/mol. The number of carbonyl (C=O) groups is 2. The van der Waals surface area contributed by atoms with Crippen molar-refractivity contribution in [3.05, 3.63) is 119 Å². The van der Waals surface area contributed by atoms with Crippen molar-refractivity contribution in [1.82, 2.24) is 4.90 Å². The fraction of sp³-hybridized carbons (Fsp3) is 0.129. The van der Waals surface area contributed by atoms with Gasteiger partial charge in [-0.1, -0.05) is 42.0 Å². The lowest BCUT2D eigenvalue weighted by molar-refractivity contribution is 0.0107. The summed E-state index contributed by atoms with van der Waals surface area (Å²) in [4.78, 5) is 32.8. The van der Waals surface area contributed by atoms with Gasteiger partial charge in [-0.25, -0.2) is 4.90 Å². The first-order valence-electron chi connectivity index (χ1n) is 12.0. The van der Waals surface area contributed by atoms with Crippen molar-refractivity contribution in [3.63, 3.8) is 0 Å². The molecule has 2 amide bonds. The van der Waals surface area contributed by atoms with E-state index in [0.29, 0.717) is 39.6 Å². The summed E-state index contributed by atoms with van der Waals surface area (Å²) in [5, 5.41) is 0. The molecule has 0 aliphatic carbocycles. The van der Waals surface area contributed by atoms with Gasteiger partial charge in [-0.2, -0.15) is 0 Å². The Morgan fingerprint density at radius 1 is 0.895 bits per heavy atom. The molecule has 0 aromatic heterocycles. The molecule has 0 N–H and O–H groups in total. The molecule has 0 radical (unpaired) electrons. The molecule has 38 heavy (non-hydrogen) atoms. The Morgan fingerprint density at radius 3 is 2.32 bits per heavy atom. The second-order valence-electron chi connectivity index (χ2n) is 8.78. The van der Waals surface area contributed by atoms with Crippen molar-refractivity contribution in [1.29, 1.82) is 0 Å². The molecule has 1 atom stereocenters. The minimum Gasteiger partial charge on any atom is -0.493 e. The largest absolute Gasteiger partial charge is 0.493 e. The maximum absolute atomic E-state index is 13.7. The Balaban J connectivity index is 1.41. The Kier molecular flexibility index (Phi) is 6.91. The zero-order valence-corrected chi connectivity index (χ0v) is 21.3. The number of benzene rings is 4. The molecule has 190 valence electrons. The Hall–Kier alpha value is -4.91. The standard InChI is InChI=1S/C31H26N2O5/c1-20-8-11-23(12-9-20)31-33(30(35)25-6-4-5-7-26(25)38-31)29(34)22-13-15-24(16-14-22)32-19-21-10-17-27(36-2)28(18-21)37-3/h4-19,31H,1-3H3. The van der Waals surface area contributed by atoms with Gasteiger partial charge >= 0.3 is 0 Å². The molecule has 5 rings (SSSR count). The molecule has 1 aliphatic heterocycles. The Labute approximate surface area is 220 Å². The van der Waals surface area contributed by atoms with Gasteiger partial charge in [0.05, 0.1) is 25.5 Å². The molecule has 0 saturated carbocycles. The van der Waals surface area contributed by atoms with Crippen LogP contribution in [0.25, 0.3) is 0 Å². The molecule has 0 fully saturated rings. The predicted molar refractivity (Wildman–Crippen MR) is 145 cm³/mol. The zero-order valence-electron chi connectivity index (χ0n) is 21.3. The van der Waals surface area contributed by atoms with Gasteiger partial charge in [0.2, 0.25) is 6.23 Å². The number of rotatable bonds is 6. The van der Waals surface area contributed by atoms with Crippen LogP contribution in [0.3, 0.4) is 0 Å². The average Bonchev–Trinajstić information content (AvgIpc) is 2.96. The van der Waals surface area contributed by atoms with Crippen LogP contribution in [0.1, 0.15) is 43.6 Å². The lowest BCUT2D eigenvalue weighted by Crippen LogP contribution is -2.45. The monoisotopic (exact) mass is 506 g/mol. The lowest BCUT2D eigenvalue weighted by atomic mass is 10.0. The molecule has 1 unspecified atom stereocenters. The highest BCUT2D eigenvalue weighted by atomic mass is 16.5. The summed E-state index contributed by atoms with van der Waals surface area (Å²) < 4.78 is 16.8. The highest BCUT2D eigenvalue weighted by Gasteiger charge is 2.39. The smallest absolute Gasteiger partial charge is 0.267 e. The van der Waals surface area contributed by atoms with Crippen molar-refractivity contribution in [2.45, 2.75) is 13.2 Å². The van der Waals surface area contributed by atoms with Gasteiger partial charge in [0.15, 0.2) is 11.5 Å². The minimum absolute atomic E-state index is 0.348. The third-order valence-electron chi connectivity index (χ3n) is 6.28. The molecule has 4 aromatic rings. The second kappa shape index (κ2) is 10.6. The van der Waals surface area contributed by atoms with Crippen LogP contribution in [0, 0.1) is 6.92 Å². The maximum atomic E-state index is 13.7. The number of ether oxygens (including phenoxy) is 3. The molecule has 7 heteroatoms. The normalized spacial score (nSPS) is 14.7. The van der Waals surface area contributed by atoms with Crippen molar-refractivity contribution >= 4 is 23.7 Å². The van der Waals surface area contributed by atoms with Crippen LogP contribution in [0.5, 0.6) is 17.2 Å². The minimum atomic E-state index is -0.881. The first kappa shape index (κ1) is 24.8. The van der Waals surface area contributed by atoms with E-state index in [1.807, 2.05) is 49.4 Å². The van der Waals surface area contributed by atoms with Crippen molar-refractivity contribution in [2.24, 2.45) is 4.99 Å². The van der Waals surface area contributed by atoms with Gasteiger partial charge in [-0.15, -0.1) is 0 Å². The van der Waals surface area contributed by atoms with Crippen LogP contribution in [0.4, 0.5) is 5.69 Å². The Bertz CT molecular complexity index is 1510. The van der Waals surface area contributed by atoms with Crippen LogP contribution in [0.2, 0.25) is 0 Å². The number of fused-ring (bicyclic) bond motifs is 1. The summed E-state index contributed by atoms with van der Waals surface area (Å²) in [6, 6.07) is 26.8. The van der Waals surface area contributed by atoms with E-state index in [1.54, 1.807) is 69.0 Å². The van der Waals surface area contributed by atoms with Gasteiger partial charge in [0.25, 0.3) is 11.8 Å². The second-order valence-corrected chi connectivity index (χ2v) is 8.78. The number of aliphatic imine (C=N–C) groups is 1. The van der Waals surface area contributed by atoms with E-state index in [1.165, 1.54) is 4.90 Å². The molecule has 0 saturated heterocycles. The van der Waals surface area contributed by atoms with E-state index in [-0.39, 0.29) is 0 Å². The van der Waals surface area contributed by atoms with E-state index in [4.69, 9.17) is 14.2 Å². The maximum Gasteiger partial charge on any atom is 0.267 e. The third kappa shape index (κ3) is 4.86. The van der Waals surface area contributed by atoms with Gasteiger partial charge in [-0.05, 0) is 67.1 Å². The van der Waals surface area contributed by atoms with E-state index < -0.39 is 18.0 Å². The van der Waals surface area contributed by atoms with E-state index in [9.17, 15) is 9.59 Å². The van der Waals surface area contributed by atoms with Gasteiger partial charge in [0, 0.05) is 17.3 Å². The number of aryl methyl sites for hydroxylation is 1. The lowest BCUT2D eigenvalue weighted by Gasteiger charge is -2.35. The molecule has 0 spiro atoms. The van der Waals surface area contributed by atoms with Crippen molar-refractivity contribution in [2.75, 3.05) is 14.2 Å². The number of amides is 2. The summed E-state index contributed by atoms with van der Waals surface area (Å²) >= 11 is 0. The molecule has 4 aromatic carbocycles. The first-order valence-corrected chi connectivity index (χ1v) is 12.0. The fourth-order valence-electron chi connectivity index (χ4n) is 4.21. The zero-order chi connectivity index (χ0) is 26.6. The summed E-state index contributed by atoms with van der Waals surface area (Å²) in [5.41, 5.74) is 3.96. The van der Waals surface area contributed by atoms with Crippen LogP contribution < -0.4 is 14.2 Å².